The Labute approximate surface area is 122 Å². The molecule has 1 saturated carbocycles. The van der Waals surface area contributed by atoms with Crippen LogP contribution in [0.2, 0.25) is 5.02 Å². The molecule has 20 heavy (non-hydrogen) atoms. The Balaban J connectivity index is 2.06. The first-order valence-electron chi connectivity index (χ1n) is 6.91. The summed E-state index contributed by atoms with van der Waals surface area (Å²) in [5.74, 6) is -2.74. The molecule has 0 aliphatic heterocycles. The minimum absolute atomic E-state index is 0.0273. The second-order valence-electron chi connectivity index (χ2n) is 5.49. The quantitative estimate of drug-likeness (QED) is 0.867. The smallest absolute Gasteiger partial charge is 0.248 e. The van der Waals surface area contributed by atoms with Gasteiger partial charge in [0.1, 0.15) is 5.82 Å². The molecule has 0 bridgehead atoms. The van der Waals surface area contributed by atoms with Crippen LogP contribution in [0.4, 0.5) is 13.2 Å². The van der Waals surface area contributed by atoms with E-state index >= 15 is 0 Å². The van der Waals surface area contributed by atoms with E-state index in [0.29, 0.717) is 29.8 Å². The number of hydrogen-bond acceptors (Lipinski definition) is 1. The molecule has 0 saturated heterocycles. The Bertz CT molecular complexity index is 434. The van der Waals surface area contributed by atoms with E-state index in [4.69, 9.17) is 11.6 Å². The van der Waals surface area contributed by atoms with Crippen molar-refractivity contribution in [1.29, 1.82) is 0 Å². The molecule has 0 spiro atoms. The van der Waals surface area contributed by atoms with Crippen molar-refractivity contribution in [2.75, 3.05) is 7.05 Å². The van der Waals surface area contributed by atoms with E-state index in [9.17, 15) is 13.2 Å². The molecule has 1 atom stereocenters. The van der Waals surface area contributed by atoms with E-state index in [2.05, 4.69) is 5.32 Å². The highest BCUT2D eigenvalue weighted by Crippen LogP contribution is 2.38. The van der Waals surface area contributed by atoms with Crippen molar-refractivity contribution in [3.8, 4) is 0 Å². The Morgan fingerprint density at radius 3 is 2.55 bits per heavy atom. The summed E-state index contributed by atoms with van der Waals surface area (Å²) >= 11 is 6.03. The highest BCUT2D eigenvalue weighted by molar-refractivity contribution is 6.31. The summed E-state index contributed by atoms with van der Waals surface area (Å²) in [4.78, 5) is 0. The van der Waals surface area contributed by atoms with Gasteiger partial charge in [-0.3, -0.25) is 0 Å². The Morgan fingerprint density at radius 2 is 2.00 bits per heavy atom. The SMILES string of the molecule is CNC(Cc1c(F)cccc1Cl)C1CCC(F)(F)CC1. The monoisotopic (exact) mass is 305 g/mol. The van der Waals surface area contributed by atoms with Crippen molar-refractivity contribution in [3.63, 3.8) is 0 Å². The standard InChI is InChI=1S/C15H19ClF3N/c1-20-14(10-5-7-15(18,19)8-6-10)9-11-12(16)3-2-4-13(11)17/h2-4,10,14,20H,5-9H2,1H3. The van der Waals surface area contributed by atoms with Gasteiger partial charge >= 0.3 is 0 Å². The molecule has 1 aliphatic rings. The maximum Gasteiger partial charge on any atom is 0.248 e. The molecule has 1 aromatic carbocycles. The Kier molecular flexibility index (Phi) is 4.97. The molecule has 1 unspecified atom stereocenters. The van der Waals surface area contributed by atoms with Gasteiger partial charge in [0.25, 0.3) is 0 Å². The summed E-state index contributed by atoms with van der Waals surface area (Å²) in [5.41, 5.74) is 0.464. The van der Waals surface area contributed by atoms with E-state index < -0.39 is 5.92 Å². The fraction of sp³-hybridized carbons (Fsp3) is 0.600. The average molecular weight is 306 g/mol. The van der Waals surface area contributed by atoms with Gasteiger partial charge in [0.2, 0.25) is 5.92 Å². The largest absolute Gasteiger partial charge is 0.316 e. The van der Waals surface area contributed by atoms with Crippen LogP contribution in [0.3, 0.4) is 0 Å². The lowest BCUT2D eigenvalue weighted by Gasteiger charge is -2.34. The van der Waals surface area contributed by atoms with Crippen molar-refractivity contribution in [2.45, 2.75) is 44.1 Å². The minimum Gasteiger partial charge on any atom is -0.316 e. The van der Waals surface area contributed by atoms with Crippen LogP contribution in [0.5, 0.6) is 0 Å². The van der Waals surface area contributed by atoms with Crippen LogP contribution in [0.1, 0.15) is 31.2 Å². The fourth-order valence-corrected chi connectivity index (χ4v) is 3.16. The maximum atomic E-state index is 13.8. The molecular formula is C15H19ClF3N. The molecule has 1 nitrogen and oxygen atoms in total. The molecule has 0 heterocycles. The van der Waals surface area contributed by atoms with Gasteiger partial charge in [0, 0.05) is 29.5 Å². The summed E-state index contributed by atoms with van der Waals surface area (Å²) in [6.07, 6.45) is 1.19. The zero-order valence-electron chi connectivity index (χ0n) is 11.4. The van der Waals surface area contributed by atoms with E-state index in [1.807, 2.05) is 0 Å². The maximum absolute atomic E-state index is 13.8. The lowest BCUT2D eigenvalue weighted by Crippen LogP contribution is -2.39. The predicted octanol–water partition coefficient (Wildman–Crippen LogP) is 4.44. The van der Waals surface area contributed by atoms with E-state index in [-0.39, 0.29) is 30.6 Å². The molecule has 112 valence electrons. The summed E-state index contributed by atoms with van der Waals surface area (Å²) < 4.78 is 40.2. The third-order valence-corrected chi connectivity index (χ3v) is 4.54. The molecule has 0 radical (unpaired) electrons. The van der Waals surface area contributed by atoms with Gasteiger partial charge in [-0.25, -0.2) is 13.2 Å². The van der Waals surface area contributed by atoms with Crippen LogP contribution in [-0.4, -0.2) is 19.0 Å². The number of likely N-dealkylation sites (N-methyl/N-ethyl adjacent to an activating group) is 1. The highest BCUT2D eigenvalue weighted by atomic mass is 35.5. The summed E-state index contributed by atoms with van der Waals surface area (Å²) in [6, 6.07) is 4.57. The fourth-order valence-electron chi connectivity index (χ4n) is 2.92. The first-order valence-corrected chi connectivity index (χ1v) is 7.29. The number of rotatable bonds is 4. The molecular weight excluding hydrogens is 287 g/mol. The zero-order valence-corrected chi connectivity index (χ0v) is 12.2. The van der Waals surface area contributed by atoms with Crippen molar-refractivity contribution in [3.05, 3.63) is 34.6 Å². The molecule has 1 aromatic rings. The number of hydrogen-bond donors (Lipinski definition) is 1. The van der Waals surface area contributed by atoms with Crippen LogP contribution in [0.15, 0.2) is 18.2 Å². The predicted molar refractivity (Wildman–Crippen MR) is 74.9 cm³/mol. The topological polar surface area (TPSA) is 12.0 Å². The highest BCUT2D eigenvalue weighted by Gasteiger charge is 2.37. The van der Waals surface area contributed by atoms with E-state index in [0.717, 1.165) is 0 Å². The Hall–Kier alpha value is -0.740. The second-order valence-corrected chi connectivity index (χ2v) is 5.90. The van der Waals surface area contributed by atoms with Gasteiger partial charge in [-0.05, 0) is 44.4 Å². The zero-order chi connectivity index (χ0) is 14.8. The summed E-state index contributed by atoms with van der Waals surface area (Å²) in [6.45, 7) is 0. The van der Waals surface area contributed by atoms with Gasteiger partial charge in [-0.15, -0.1) is 0 Å². The van der Waals surface area contributed by atoms with Crippen LogP contribution < -0.4 is 5.32 Å². The normalized spacial score (nSPS) is 20.9. The van der Waals surface area contributed by atoms with E-state index in [1.165, 1.54) is 6.07 Å². The number of alkyl halides is 2. The second kappa shape index (κ2) is 6.35. The van der Waals surface area contributed by atoms with Gasteiger partial charge in [0.15, 0.2) is 0 Å². The van der Waals surface area contributed by atoms with Gasteiger partial charge in [0.05, 0.1) is 0 Å². The molecule has 0 amide bonds. The lowest BCUT2D eigenvalue weighted by atomic mass is 9.80. The van der Waals surface area contributed by atoms with Gasteiger partial charge < -0.3 is 5.32 Å². The van der Waals surface area contributed by atoms with Crippen LogP contribution in [0, 0.1) is 11.7 Å². The molecule has 1 N–H and O–H groups in total. The summed E-state index contributed by atoms with van der Waals surface area (Å²) in [7, 11) is 1.78. The van der Waals surface area contributed by atoms with Crippen molar-refractivity contribution < 1.29 is 13.2 Å². The molecule has 2 rings (SSSR count). The first-order chi connectivity index (χ1) is 9.43. The number of benzene rings is 1. The average Bonchev–Trinajstić information content (AvgIpc) is 2.39. The third-order valence-electron chi connectivity index (χ3n) is 4.19. The van der Waals surface area contributed by atoms with Crippen molar-refractivity contribution in [2.24, 2.45) is 5.92 Å². The third kappa shape index (κ3) is 3.67. The summed E-state index contributed by atoms with van der Waals surface area (Å²) in [5, 5.41) is 3.53. The van der Waals surface area contributed by atoms with Crippen LogP contribution in [0.25, 0.3) is 0 Å². The molecule has 5 heteroatoms. The molecule has 0 aromatic heterocycles. The lowest BCUT2D eigenvalue weighted by molar-refractivity contribution is -0.0493. The van der Waals surface area contributed by atoms with Crippen molar-refractivity contribution >= 4 is 11.6 Å². The molecule has 1 aliphatic carbocycles. The van der Waals surface area contributed by atoms with Crippen LogP contribution >= 0.6 is 11.6 Å². The van der Waals surface area contributed by atoms with E-state index in [1.54, 1.807) is 19.2 Å². The minimum atomic E-state index is -2.54. The van der Waals surface area contributed by atoms with Gasteiger partial charge in [-0.1, -0.05) is 17.7 Å². The van der Waals surface area contributed by atoms with Crippen molar-refractivity contribution in [1.82, 2.24) is 5.32 Å². The number of halogens is 4. The Morgan fingerprint density at radius 1 is 1.35 bits per heavy atom. The molecule has 1 fully saturated rings. The number of nitrogens with one attached hydrogen (secondary N) is 1. The van der Waals surface area contributed by atoms with Crippen LogP contribution in [-0.2, 0) is 6.42 Å². The first kappa shape index (κ1) is 15.6. The van der Waals surface area contributed by atoms with Gasteiger partial charge in [-0.2, -0.15) is 0 Å².